The number of carbonyl (C=O) groups is 1. The van der Waals surface area contributed by atoms with Crippen molar-refractivity contribution >= 4 is 21.6 Å². The maximum absolute atomic E-state index is 11.6. The topological polar surface area (TPSA) is 115 Å². The summed E-state index contributed by atoms with van der Waals surface area (Å²) in [7, 11) is -3.13. The van der Waals surface area contributed by atoms with E-state index in [0.29, 0.717) is 0 Å². The summed E-state index contributed by atoms with van der Waals surface area (Å²) in [6, 6.07) is -0.499. The van der Waals surface area contributed by atoms with Gasteiger partial charge in [0.1, 0.15) is 21.3 Å². The number of nitrogens with two attached hydrogens (primary N) is 1. The number of anilines is 1. The Morgan fingerprint density at radius 2 is 2.18 bits per heavy atom. The molecule has 0 saturated carbocycles. The number of amides is 1. The third-order valence-corrected chi connectivity index (χ3v) is 2.92. The van der Waals surface area contributed by atoms with Crippen molar-refractivity contribution in [2.45, 2.75) is 13.0 Å². The Balaban J connectivity index is 2.67. The fourth-order valence-electron chi connectivity index (χ4n) is 1.28. The van der Waals surface area contributed by atoms with Gasteiger partial charge in [-0.1, -0.05) is 0 Å². The van der Waals surface area contributed by atoms with Gasteiger partial charge in [-0.05, 0) is 6.92 Å². The minimum absolute atomic E-state index is 0.0605. The third-order valence-electron chi connectivity index (χ3n) is 1.82. The number of aromatic nitrogens is 2. The van der Waals surface area contributed by atoms with Crippen molar-refractivity contribution in [2.75, 3.05) is 17.7 Å². The van der Waals surface area contributed by atoms with Gasteiger partial charge in [0.15, 0.2) is 0 Å². The Hall–Kier alpha value is -1.70. The van der Waals surface area contributed by atoms with E-state index in [0.717, 1.165) is 6.26 Å². The van der Waals surface area contributed by atoms with E-state index in [9.17, 15) is 13.2 Å². The van der Waals surface area contributed by atoms with Gasteiger partial charge in [-0.15, -0.1) is 0 Å². The lowest BCUT2D eigenvalue weighted by Gasteiger charge is -2.12. The summed E-state index contributed by atoms with van der Waals surface area (Å²) in [5, 5.41) is 2.50. The fourth-order valence-corrected chi connectivity index (χ4v) is 2.28. The maximum atomic E-state index is 11.6. The summed E-state index contributed by atoms with van der Waals surface area (Å²) >= 11 is 0. The van der Waals surface area contributed by atoms with E-state index < -0.39 is 21.8 Å². The van der Waals surface area contributed by atoms with Gasteiger partial charge < -0.3 is 11.1 Å². The molecule has 0 spiro atoms. The summed E-state index contributed by atoms with van der Waals surface area (Å²) in [5.41, 5.74) is 5.44. The maximum Gasteiger partial charge on any atom is 0.271 e. The van der Waals surface area contributed by atoms with Crippen LogP contribution in [0.4, 0.5) is 5.82 Å². The Labute approximate surface area is 99.4 Å². The second kappa shape index (κ2) is 5.09. The van der Waals surface area contributed by atoms with Crippen molar-refractivity contribution in [1.82, 2.24) is 15.3 Å². The van der Waals surface area contributed by atoms with Crippen LogP contribution in [0.15, 0.2) is 12.4 Å². The lowest BCUT2D eigenvalue weighted by atomic mass is 10.3. The average molecular weight is 258 g/mol. The molecule has 0 aromatic carbocycles. The quantitative estimate of drug-likeness (QED) is 0.732. The van der Waals surface area contributed by atoms with E-state index in [-0.39, 0.29) is 17.3 Å². The zero-order valence-corrected chi connectivity index (χ0v) is 10.4. The predicted molar refractivity (Wildman–Crippen MR) is 63.1 cm³/mol. The Morgan fingerprint density at radius 1 is 1.53 bits per heavy atom. The van der Waals surface area contributed by atoms with Crippen LogP contribution >= 0.6 is 0 Å². The molecule has 0 aliphatic carbocycles. The first-order valence-electron chi connectivity index (χ1n) is 4.84. The predicted octanol–water partition coefficient (Wildman–Crippen LogP) is -0.778. The van der Waals surface area contributed by atoms with Crippen LogP contribution < -0.4 is 11.1 Å². The first kappa shape index (κ1) is 13.4. The Bertz CT molecular complexity index is 515. The normalized spacial score (nSPS) is 13.1. The molecular weight excluding hydrogens is 244 g/mol. The van der Waals surface area contributed by atoms with E-state index in [4.69, 9.17) is 5.73 Å². The fraction of sp³-hybridized carbons (Fsp3) is 0.444. The minimum atomic E-state index is -3.13. The highest BCUT2D eigenvalue weighted by Gasteiger charge is 2.15. The number of nitrogens with one attached hydrogen (secondary N) is 1. The molecule has 0 fully saturated rings. The molecule has 1 heterocycles. The van der Waals surface area contributed by atoms with Crippen molar-refractivity contribution in [3.05, 3.63) is 18.1 Å². The standard InChI is InChI=1S/C9H14N4O3S/c1-6(5-17(2,15)16)12-9(14)7-3-11-4-8(10)13-7/h3-4,6H,5H2,1-2H3,(H2,10,13)(H,12,14). The highest BCUT2D eigenvalue weighted by Crippen LogP contribution is 1.98. The van der Waals surface area contributed by atoms with Crippen LogP contribution in [0.25, 0.3) is 0 Å². The monoisotopic (exact) mass is 258 g/mol. The summed E-state index contributed by atoms with van der Waals surface area (Å²) < 4.78 is 22.0. The molecule has 0 aliphatic rings. The van der Waals surface area contributed by atoms with Crippen molar-refractivity contribution in [1.29, 1.82) is 0 Å². The molecule has 3 N–H and O–H groups in total. The molecule has 0 bridgehead atoms. The molecule has 1 rings (SSSR count). The first-order valence-corrected chi connectivity index (χ1v) is 6.90. The SMILES string of the molecule is CC(CS(C)(=O)=O)NC(=O)c1cncc(N)n1. The number of nitrogens with zero attached hydrogens (tertiary/aromatic N) is 2. The molecule has 8 heteroatoms. The largest absolute Gasteiger partial charge is 0.382 e. The van der Waals surface area contributed by atoms with Gasteiger partial charge in [0.05, 0.1) is 18.1 Å². The summed E-state index contributed by atoms with van der Waals surface area (Å²) in [6.45, 7) is 1.60. The van der Waals surface area contributed by atoms with Crippen LogP contribution in [0.3, 0.4) is 0 Å². The van der Waals surface area contributed by atoms with Crippen molar-refractivity contribution in [3.8, 4) is 0 Å². The van der Waals surface area contributed by atoms with Gasteiger partial charge in [0.25, 0.3) is 5.91 Å². The smallest absolute Gasteiger partial charge is 0.271 e. The van der Waals surface area contributed by atoms with Crippen molar-refractivity contribution in [2.24, 2.45) is 0 Å². The third kappa shape index (κ3) is 4.77. The van der Waals surface area contributed by atoms with E-state index in [1.54, 1.807) is 6.92 Å². The number of rotatable bonds is 4. The van der Waals surface area contributed by atoms with Gasteiger partial charge >= 0.3 is 0 Å². The van der Waals surface area contributed by atoms with E-state index in [1.165, 1.54) is 12.4 Å². The van der Waals surface area contributed by atoms with E-state index in [2.05, 4.69) is 15.3 Å². The van der Waals surface area contributed by atoms with Gasteiger partial charge in [0, 0.05) is 12.3 Å². The van der Waals surface area contributed by atoms with Crippen LogP contribution in [-0.4, -0.2) is 42.3 Å². The molecule has 0 aliphatic heterocycles. The second-order valence-corrected chi connectivity index (χ2v) is 5.98. The summed E-state index contributed by atoms with van der Waals surface area (Å²) in [6.07, 6.45) is 3.69. The van der Waals surface area contributed by atoms with Gasteiger partial charge in [0.2, 0.25) is 0 Å². The van der Waals surface area contributed by atoms with Crippen molar-refractivity contribution in [3.63, 3.8) is 0 Å². The molecule has 0 saturated heterocycles. The lowest BCUT2D eigenvalue weighted by molar-refractivity contribution is 0.0938. The summed E-state index contributed by atoms with van der Waals surface area (Å²) in [5.74, 6) is -0.497. The molecule has 7 nitrogen and oxygen atoms in total. The van der Waals surface area contributed by atoms with Crippen LogP contribution in [0.2, 0.25) is 0 Å². The number of hydrogen-bond acceptors (Lipinski definition) is 6. The molecule has 1 aromatic rings. The van der Waals surface area contributed by atoms with Gasteiger partial charge in [-0.3, -0.25) is 9.78 Å². The Kier molecular flexibility index (Phi) is 4.00. The molecular formula is C9H14N4O3S. The zero-order chi connectivity index (χ0) is 13.1. The molecule has 1 unspecified atom stereocenters. The first-order chi connectivity index (χ1) is 7.78. The molecule has 1 atom stereocenters. The molecule has 0 radical (unpaired) electrons. The number of hydrogen-bond donors (Lipinski definition) is 2. The minimum Gasteiger partial charge on any atom is -0.382 e. The molecule has 94 valence electrons. The van der Waals surface area contributed by atoms with Crippen LogP contribution in [-0.2, 0) is 9.84 Å². The number of carbonyl (C=O) groups excluding carboxylic acids is 1. The zero-order valence-electron chi connectivity index (χ0n) is 9.54. The van der Waals surface area contributed by atoms with Crippen LogP contribution in [0.1, 0.15) is 17.4 Å². The number of sulfone groups is 1. The molecule has 17 heavy (non-hydrogen) atoms. The molecule has 1 amide bonds. The van der Waals surface area contributed by atoms with Gasteiger partial charge in [-0.2, -0.15) is 0 Å². The van der Waals surface area contributed by atoms with Gasteiger partial charge in [-0.25, -0.2) is 13.4 Å². The van der Waals surface area contributed by atoms with E-state index in [1.807, 2.05) is 0 Å². The lowest BCUT2D eigenvalue weighted by Crippen LogP contribution is -2.37. The highest BCUT2D eigenvalue weighted by molar-refractivity contribution is 7.90. The van der Waals surface area contributed by atoms with Crippen molar-refractivity contribution < 1.29 is 13.2 Å². The van der Waals surface area contributed by atoms with E-state index >= 15 is 0 Å². The highest BCUT2D eigenvalue weighted by atomic mass is 32.2. The van der Waals surface area contributed by atoms with Crippen LogP contribution in [0, 0.1) is 0 Å². The second-order valence-electron chi connectivity index (χ2n) is 3.80. The van der Waals surface area contributed by atoms with Crippen LogP contribution in [0.5, 0.6) is 0 Å². The molecule has 1 aromatic heterocycles. The number of nitrogen functional groups attached to an aromatic ring is 1. The average Bonchev–Trinajstić information content (AvgIpc) is 2.14. The summed E-state index contributed by atoms with van der Waals surface area (Å²) in [4.78, 5) is 19.1. The Morgan fingerprint density at radius 3 is 2.71 bits per heavy atom.